The highest BCUT2D eigenvalue weighted by Gasteiger charge is 2.31. The van der Waals surface area contributed by atoms with Crippen LogP contribution in [0.1, 0.15) is 50.2 Å². The molecule has 4 amide bonds. The highest BCUT2D eigenvalue weighted by atomic mass is 32.2. The Morgan fingerprint density at radius 3 is 2.38 bits per heavy atom. The molecule has 210 valence electrons. The number of amides is 4. The molecule has 1 aliphatic rings. The standard InChI is InChI=1S/C32H37N3O4S/c1-3-4-5-6-7-19-39-28-17-15-27(16-18-28)33-31(37)35(2)22-24-9-8-10-26(20-24)25-13-11-23(12-14-25)21-29-30(36)34-32(38)40-29/h8-18,20,29H,3-7,19,21-22H2,1-2H3,(H,33,37)(H,34,36,38). The number of unbranched alkanes of at least 4 members (excludes halogenated alkanes) is 4. The lowest BCUT2D eigenvalue weighted by molar-refractivity contribution is -0.118. The van der Waals surface area contributed by atoms with Crippen LogP contribution in [0.25, 0.3) is 11.1 Å². The van der Waals surface area contributed by atoms with Crippen LogP contribution < -0.4 is 15.4 Å². The number of benzene rings is 3. The number of carbonyl (C=O) groups is 3. The number of hydrogen-bond acceptors (Lipinski definition) is 5. The number of thioether (sulfide) groups is 1. The molecule has 0 spiro atoms. The van der Waals surface area contributed by atoms with Gasteiger partial charge in [0, 0.05) is 19.3 Å². The fourth-order valence-corrected chi connectivity index (χ4v) is 5.38. The molecule has 1 fully saturated rings. The Bertz CT molecular complexity index is 1290. The molecule has 3 aromatic carbocycles. The van der Waals surface area contributed by atoms with Crippen LogP contribution in [0.4, 0.5) is 15.3 Å². The zero-order valence-corrected chi connectivity index (χ0v) is 24.0. The summed E-state index contributed by atoms with van der Waals surface area (Å²) in [7, 11) is 1.77. The number of carbonyl (C=O) groups excluding carboxylic acids is 3. The Morgan fingerprint density at radius 2 is 1.68 bits per heavy atom. The smallest absolute Gasteiger partial charge is 0.321 e. The highest BCUT2D eigenvalue weighted by Crippen LogP contribution is 2.26. The topological polar surface area (TPSA) is 87.7 Å². The molecule has 1 atom stereocenters. The second kappa shape index (κ2) is 14.6. The van der Waals surface area contributed by atoms with E-state index >= 15 is 0 Å². The van der Waals surface area contributed by atoms with Crippen LogP contribution in [-0.2, 0) is 17.8 Å². The predicted molar refractivity (Wildman–Crippen MR) is 162 cm³/mol. The van der Waals surface area contributed by atoms with Crippen molar-refractivity contribution in [3.8, 4) is 16.9 Å². The molecule has 4 rings (SSSR count). The molecular formula is C32H37N3O4S. The maximum absolute atomic E-state index is 12.8. The van der Waals surface area contributed by atoms with E-state index in [4.69, 9.17) is 4.74 Å². The Morgan fingerprint density at radius 1 is 0.925 bits per heavy atom. The highest BCUT2D eigenvalue weighted by molar-refractivity contribution is 8.15. The summed E-state index contributed by atoms with van der Waals surface area (Å²) in [5.74, 6) is 0.583. The first kappa shape index (κ1) is 29.2. The van der Waals surface area contributed by atoms with E-state index in [1.807, 2.05) is 66.7 Å². The van der Waals surface area contributed by atoms with Crippen molar-refractivity contribution in [2.75, 3.05) is 19.0 Å². The third-order valence-corrected chi connectivity index (χ3v) is 7.77. The lowest BCUT2D eigenvalue weighted by Crippen LogP contribution is -2.30. The molecule has 0 saturated carbocycles. The monoisotopic (exact) mass is 559 g/mol. The Labute approximate surface area is 240 Å². The Kier molecular flexibility index (Phi) is 10.6. The molecule has 0 bridgehead atoms. The van der Waals surface area contributed by atoms with Crippen LogP contribution in [0, 0.1) is 0 Å². The number of nitrogens with one attached hydrogen (secondary N) is 2. The first-order chi connectivity index (χ1) is 19.4. The molecular weight excluding hydrogens is 522 g/mol. The van der Waals surface area contributed by atoms with E-state index < -0.39 is 0 Å². The van der Waals surface area contributed by atoms with Gasteiger partial charge in [0.2, 0.25) is 5.91 Å². The van der Waals surface area contributed by atoms with Crippen molar-refractivity contribution in [2.45, 2.75) is 57.2 Å². The molecule has 40 heavy (non-hydrogen) atoms. The van der Waals surface area contributed by atoms with Gasteiger partial charge in [0.15, 0.2) is 0 Å². The fourth-order valence-electron chi connectivity index (χ4n) is 4.52. The lowest BCUT2D eigenvalue weighted by Gasteiger charge is -2.19. The van der Waals surface area contributed by atoms with Gasteiger partial charge in [-0.15, -0.1) is 0 Å². The van der Waals surface area contributed by atoms with Gasteiger partial charge in [-0.25, -0.2) is 4.79 Å². The largest absolute Gasteiger partial charge is 0.494 e. The van der Waals surface area contributed by atoms with Crippen LogP contribution in [0.5, 0.6) is 5.75 Å². The molecule has 7 nitrogen and oxygen atoms in total. The lowest BCUT2D eigenvalue weighted by atomic mass is 10.00. The summed E-state index contributed by atoms with van der Waals surface area (Å²) in [6, 6.07) is 23.4. The fraction of sp³-hybridized carbons (Fsp3) is 0.344. The molecule has 8 heteroatoms. The number of nitrogens with zero attached hydrogens (tertiary/aromatic N) is 1. The van der Waals surface area contributed by atoms with E-state index in [9.17, 15) is 14.4 Å². The summed E-state index contributed by atoms with van der Waals surface area (Å²) in [6.45, 7) is 3.38. The minimum Gasteiger partial charge on any atom is -0.494 e. The summed E-state index contributed by atoms with van der Waals surface area (Å²) in [4.78, 5) is 37.7. The summed E-state index contributed by atoms with van der Waals surface area (Å²) >= 11 is 1.04. The molecule has 2 N–H and O–H groups in total. The van der Waals surface area contributed by atoms with E-state index in [0.717, 1.165) is 51.9 Å². The van der Waals surface area contributed by atoms with Gasteiger partial charge in [0.25, 0.3) is 5.24 Å². The molecule has 3 aromatic rings. The van der Waals surface area contributed by atoms with Crippen molar-refractivity contribution < 1.29 is 19.1 Å². The first-order valence-electron chi connectivity index (χ1n) is 13.9. The summed E-state index contributed by atoms with van der Waals surface area (Å²) < 4.78 is 5.81. The number of hydrogen-bond donors (Lipinski definition) is 2. The van der Waals surface area contributed by atoms with Crippen LogP contribution in [0.2, 0.25) is 0 Å². The quantitative estimate of drug-likeness (QED) is 0.215. The molecule has 0 aromatic heterocycles. The van der Waals surface area contributed by atoms with E-state index in [-0.39, 0.29) is 22.4 Å². The minimum atomic E-state index is -0.375. The summed E-state index contributed by atoms with van der Waals surface area (Å²) in [5, 5.41) is 4.62. The maximum Gasteiger partial charge on any atom is 0.321 e. The molecule has 1 saturated heterocycles. The van der Waals surface area contributed by atoms with Gasteiger partial charge in [0.05, 0.1) is 11.9 Å². The normalized spacial score (nSPS) is 14.6. The van der Waals surface area contributed by atoms with Crippen LogP contribution >= 0.6 is 11.8 Å². The van der Waals surface area contributed by atoms with Crippen molar-refractivity contribution in [1.29, 1.82) is 0 Å². The van der Waals surface area contributed by atoms with Crippen molar-refractivity contribution in [3.63, 3.8) is 0 Å². The molecule has 1 unspecified atom stereocenters. The Hall–Kier alpha value is -3.78. The zero-order valence-electron chi connectivity index (χ0n) is 23.2. The number of anilines is 1. The number of rotatable bonds is 13. The summed E-state index contributed by atoms with van der Waals surface area (Å²) in [6.07, 6.45) is 6.52. The molecule has 1 heterocycles. The van der Waals surface area contributed by atoms with E-state index in [1.165, 1.54) is 25.7 Å². The van der Waals surface area contributed by atoms with Gasteiger partial charge < -0.3 is 15.0 Å². The average Bonchev–Trinajstić information content (AvgIpc) is 3.27. The van der Waals surface area contributed by atoms with Gasteiger partial charge in [-0.3, -0.25) is 14.9 Å². The molecule has 0 aliphatic carbocycles. The van der Waals surface area contributed by atoms with Crippen molar-refractivity contribution >= 4 is 34.6 Å². The second-order valence-corrected chi connectivity index (χ2v) is 11.2. The van der Waals surface area contributed by atoms with E-state index in [2.05, 4.69) is 23.6 Å². The van der Waals surface area contributed by atoms with Crippen molar-refractivity contribution in [2.24, 2.45) is 0 Å². The minimum absolute atomic E-state index is 0.188. The van der Waals surface area contributed by atoms with Crippen molar-refractivity contribution in [1.82, 2.24) is 10.2 Å². The van der Waals surface area contributed by atoms with Gasteiger partial charge >= 0.3 is 6.03 Å². The number of ether oxygens (including phenoxy) is 1. The maximum atomic E-state index is 12.8. The second-order valence-electron chi connectivity index (χ2n) is 10.1. The van der Waals surface area contributed by atoms with Gasteiger partial charge in [-0.1, -0.05) is 86.8 Å². The van der Waals surface area contributed by atoms with Crippen LogP contribution in [0.15, 0.2) is 72.8 Å². The zero-order chi connectivity index (χ0) is 28.3. The Balaban J connectivity index is 1.26. The predicted octanol–water partition coefficient (Wildman–Crippen LogP) is 7.26. The SMILES string of the molecule is CCCCCCCOc1ccc(NC(=O)N(C)Cc2cccc(-c3ccc(CC4SC(=O)NC4=O)cc3)c2)cc1. The third-order valence-electron chi connectivity index (χ3n) is 6.79. The number of urea groups is 1. The van der Waals surface area contributed by atoms with Crippen molar-refractivity contribution in [3.05, 3.63) is 83.9 Å². The van der Waals surface area contributed by atoms with E-state index in [1.54, 1.807) is 11.9 Å². The summed E-state index contributed by atoms with van der Waals surface area (Å²) in [5.41, 5.74) is 4.82. The van der Waals surface area contributed by atoms with Crippen LogP contribution in [0.3, 0.4) is 0 Å². The van der Waals surface area contributed by atoms with Gasteiger partial charge in [-0.2, -0.15) is 0 Å². The third kappa shape index (κ3) is 8.61. The van der Waals surface area contributed by atoms with Crippen LogP contribution in [-0.4, -0.2) is 41.0 Å². The number of imide groups is 1. The molecule has 1 aliphatic heterocycles. The molecule has 0 radical (unpaired) electrons. The van der Waals surface area contributed by atoms with Gasteiger partial charge in [-0.05, 0) is 65.4 Å². The van der Waals surface area contributed by atoms with E-state index in [0.29, 0.717) is 19.6 Å². The van der Waals surface area contributed by atoms with Gasteiger partial charge in [0.1, 0.15) is 5.75 Å². The first-order valence-corrected chi connectivity index (χ1v) is 14.7. The average molecular weight is 560 g/mol.